The Morgan fingerprint density at radius 1 is 0.875 bits per heavy atom. The molecule has 0 unspecified atom stereocenters. The number of carbonyl (C=O) groups excluding carboxylic acids is 4. The largest absolute Gasteiger partial charge is 0.430 e. The van der Waals surface area contributed by atoms with Gasteiger partial charge in [0.2, 0.25) is 11.7 Å². The van der Waals surface area contributed by atoms with Crippen LogP contribution in [0.15, 0.2) is 11.8 Å². The first-order chi connectivity index (χ1) is 15.5. The summed E-state index contributed by atoms with van der Waals surface area (Å²) in [4.78, 5) is 47.4. The van der Waals surface area contributed by atoms with E-state index in [2.05, 4.69) is 12.2 Å². The molecular formula is C26H43NO5. The van der Waals surface area contributed by atoms with Gasteiger partial charge >= 0.3 is 5.97 Å². The Morgan fingerprint density at radius 3 is 1.94 bits per heavy atom. The number of carbonyl (C=O) groups is 4. The van der Waals surface area contributed by atoms with Crippen LogP contribution < -0.4 is 5.32 Å². The SMILES string of the molecule is CCCCCCCCCCCCCCC(=O)C(=O)CC=C(CC)OC(=O)[C@@H]1CCC(=O)N1. The monoisotopic (exact) mass is 449 g/mol. The van der Waals surface area contributed by atoms with Crippen molar-refractivity contribution in [1.29, 1.82) is 0 Å². The van der Waals surface area contributed by atoms with E-state index in [9.17, 15) is 19.2 Å². The number of rotatable bonds is 19. The Balaban J connectivity index is 2.10. The zero-order valence-electron chi connectivity index (χ0n) is 20.2. The van der Waals surface area contributed by atoms with Crippen molar-refractivity contribution in [2.24, 2.45) is 0 Å². The summed E-state index contributed by atoms with van der Waals surface area (Å²) in [5, 5.41) is 2.56. The minimum atomic E-state index is -0.624. The number of hydrogen-bond donors (Lipinski definition) is 1. The fourth-order valence-corrected chi connectivity index (χ4v) is 3.84. The molecule has 1 rings (SSSR count). The second kappa shape index (κ2) is 17.6. The Bertz CT molecular complexity index is 626. The maximum atomic E-state index is 12.1. The van der Waals surface area contributed by atoms with Crippen molar-refractivity contribution >= 4 is 23.4 Å². The highest BCUT2D eigenvalue weighted by atomic mass is 16.5. The molecule has 0 aromatic rings. The zero-order valence-corrected chi connectivity index (χ0v) is 20.2. The maximum Gasteiger partial charge on any atom is 0.333 e. The first-order valence-electron chi connectivity index (χ1n) is 12.7. The van der Waals surface area contributed by atoms with Gasteiger partial charge in [0.1, 0.15) is 11.8 Å². The molecule has 1 heterocycles. The fourth-order valence-electron chi connectivity index (χ4n) is 3.84. The molecule has 0 radical (unpaired) electrons. The summed E-state index contributed by atoms with van der Waals surface area (Å²) in [5.41, 5.74) is 0. The van der Waals surface area contributed by atoms with Crippen molar-refractivity contribution in [3.8, 4) is 0 Å². The van der Waals surface area contributed by atoms with Crippen molar-refractivity contribution in [2.75, 3.05) is 0 Å². The molecule has 0 bridgehead atoms. The van der Waals surface area contributed by atoms with Gasteiger partial charge in [0.05, 0.1) is 0 Å². The summed E-state index contributed by atoms with van der Waals surface area (Å²) in [6, 6.07) is -0.624. The van der Waals surface area contributed by atoms with Crippen LogP contribution in [0.25, 0.3) is 0 Å². The molecule has 0 saturated carbocycles. The molecule has 0 aromatic carbocycles. The van der Waals surface area contributed by atoms with E-state index >= 15 is 0 Å². The summed E-state index contributed by atoms with van der Waals surface area (Å²) >= 11 is 0. The molecular weight excluding hydrogens is 406 g/mol. The topological polar surface area (TPSA) is 89.5 Å². The van der Waals surface area contributed by atoms with Crippen LogP contribution in [-0.2, 0) is 23.9 Å². The first-order valence-corrected chi connectivity index (χ1v) is 12.7. The van der Waals surface area contributed by atoms with Gasteiger partial charge in [-0.2, -0.15) is 0 Å². The number of hydrogen-bond acceptors (Lipinski definition) is 5. The van der Waals surface area contributed by atoms with Gasteiger partial charge in [-0.05, 0) is 18.9 Å². The van der Waals surface area contributed by atoms with E-state index < -0.39 is 17.8 Å². The van der Waals surface area contributed by atoms with E-state index in [-0.39, 0.29) is 18.1 Å². The predicted molar refractivity (Wildman–Crippen MR) is 126 cm³/mol. The van der Waals surface area contributed by atoms with Crippen LogP contribution in [0.5, 0.6) is 0 Å². The van der Waals surface area contributed by atoms with Gasteiger partial charge in [0.25, 0.3) is 0 Å². The Labute approximate surface area is 193 Å². The van der Waals surface area contributed by atoms with Crippen LogP contribution in [0.1, 0.15) is 123 Å². The van der Waals surface area contributed by atoms with E-state index in [4.69, 9.17) is 4.74 Å². The van der Waals surface area contributed by atoms with E-state index in [0.29, 0.717) is 31.4 Å². The van der Waals surface area contributed by atoms with Crippen molar-refractivity contribution in [1.82, 2.24) is 5.32 Å². The molecule has 32 heavy (non-hydrogen) atoms. The molecule has 6 heteroatoms. The van der Waals surface area contributed by atoms with Gasteiger partial charge in [0, 0.05) is 25.7 Å². The average Bonchev–Trinajstić information content (AvgIpc) is 3.23. The molecule has 0 aliphatic carbocycles. The van der Waals surface area contributed by atoms with Crippen LogP contribution in [0, 0.1) is 0 Å². The second-order valence-electron chi connectivity index (χ2n) is 8.79. The van der Waals surface area contributed by atoms with Crippen LogP contribution in [0.3, 0.4) is 0 Å². The van der Waals surface area contributed by atoms with Gasteiger partial charge < -0.3 is 10.1 Å². The molecule has 182 valence electrons. The summed E-state index contributed by atoms with van der Waals surface area (Å²) in [7, 11) is 0. The van der Waals surface area contributed by atoms with Gasteiger partial charge in [-0.1, -0.05) is 84.5 Å². The quantitative estimate of drug-likeness (QED) is 0.118. The van der Waals surface area contributed by atoms with Crippen molar-refractivity contribution in [3.63, 3.8) is 0 Å². The van der Waals surface area contributed by atoms with E-state index in [0.717, 1.165) is 19.3 Å². The number of unbranched alkanes of at least 4 members (excludes halogenated alkanes) is 11. The highest BCUT2D eigenvalue weighted by Crippen LogP contribution is 2.14. The Kier molecular flexibility index (Phi) is 15.4. The van der Waals surface area contributed by atoms with Crippen molar-refractivity contribution < 1.29 is 23.9 Å². The molecule has 1 aliphatic rings. The lowest BCUT2D eigenvalue weighted by atomic mass is 10.0. The zero-order chi connectivity index (χ0) is 23.6. The molecule has 0 spiro atoms. The minimum absolute atomic E-state index is 0.0510. The molecule has 1 saturated heterocycles. The lowest BCUT2D eigenvalue weighted by molar-refractivity contribution is -0.142. The summed E-state index contributed by atoms with van der Waals surface area (Å²) in [5.74, 6) is -1.10. The lowest BCUT2D eigenvalue weighted by Crippen LogP contribution is -2.34. The number of ether oxygens (including phenoxy) is 1. The normalized spacial score (nSPS) is 16.1. The number of Topliss-reactive ketones (excluding diaryl/α,β-unsaturated/α-hetero) is 2. The molecule has 1 atom stereocenters. The summed E-state index contributed by atoms with van der Waals surface area (Å²) in [6.45, 7) is 4.05. The van der Waals surface area contributed by atoms with Crippen molar-refractivity contribution in [2.45, 2.75) is 129 Å². The smallest absolute Gasteiger partial charge is 0.333 e. The van der Waals surface area contributed by atoms with Crippen LogP contribution in [-0.4, -0.2) is 29.5 Å². The maximum absolute atomic E-state index is 12.1. The highest BCUT2D eigenvalue weighted by Gasteiger charge is 2.29. The fraction of sp³-hybridized carbons (Fsp3) is 0.769. The molecule has 1 amide bonds. The van der Waals surface area contributed by atoms with Gasteiger partial charge in [-0.25, -0.2) is 4.79 Å². The van der Waals surface area contributed by atoms with Crippen LogP contribution >= 0.6 is 0 Å². The van der Waals surface area contributed by atoms with Gasteiger partial charge in [0.15, 0.2) is 5.78 Å². The third-order valence-corrected chi connectivity index (χ3v) is 5.94. The Hall–Kier alpha value is -1.98. The number of ketones is 2. The average molecular weight is 450 g/mol. The number of nitrogens with one attached hydrogen (secondary N) is 1. The highest BCUT2D eigenvalue weighted by molar-refractivity contribution is 6.37. The molecule has 1 fully saturated rings. The molecule has 1 aliphatic heterocycles. The van der Waals surface area contributed by atoms with Gasteiger partial charge in [-0.15, -0.1) is 0 Å². The standard InChI is InChI=1S/C26H43NO5/c1-3-5-6-7-8-9-10-11-12-13-14-15-16-23(28)24(29)19-17-21(4-2)32-26(31)22-18-20-25(30)27-22/h17,22H,3-16,18-20H2,1-2H3,(H,27,30)/t22-/m0/s1. The molecule has 6 nitrogen and oxygen atoms in total. The third kappa shape index (κ3) is 12.8. The van der Waals surface area contributed by atoms with Crippen LogP contribution in [0.2, 0.25) is 0 Å². The lowest BCUT2D eigenvalue weighted by Gasteiger charge is -2.11. The first kappa shape index (κ1) is 28.1. The van der Waals surface area contributed by atoms with Crippen LogP contribution in [0.4, 0.5) is 0 Å². The van der Waals surface area contributed by atoms with Gasteiger partial charge in [-0.3, -0.25) is 14.4 Å². The summed E-state index contributed by atoms with van der Waals surface area (Å²) < 4.78 is 5.28. The predicted octanol–water partition coefficient (Wildman–Crippen LogP) is 5.72. The van der Waals surface area contributed by atoms with E-state index in [1.807, 2.05) is 6.92 Å². The van der Waals surface area contributed by atoms with E-state index in [1.54, 1.807) is 0 Å². The number of esters is 1. The molecule has 1 N–H and O–H groups in total. The molecule has 0 aromatic heterocycles. The Morgan fingerprint density at radius 2 is 1.44 bits per heavy atom. The second-order valence-corrected chi connectivity index (χ2v) is 8.79. The third-order valence-electron chi connectivity index (χ3n) is 5.94. The minimum Gasteiger partial charge on any atom is -0.430 e. The number of amides is 1. The van der Waals surface area contributed by atoms with E-state index in [1.165, 1.54) is 63.9 Å². The summed E-state index contributed by atoms with van der Waals surface area (Å²) in [6.07, 6.45) is 17.6. The van der Waals surface area contributed by atoms with Crippen molar-refractivity contribution in [3.05, 3.63) is 11.8 Å². The number of allylic oxidation sites excluding steroid dienone is 2.